The molecule has 0 saturated carbocycles. The summed E-state index contributed by atoms with van der Waals surface area (Å²) in [5, 5.41) is 8.81. The lowest BCUT2D eigenvalue weighted by Gasteiger charge is -2.34. The lowest BCUT2D eigenvalue weighted by atomic mass is 9.95. The van der Waals surface area contributed by atoms with Gasteiger partial charge in [-0.2, -0.15) is 5.26 Å². The number of benzene rings is 1. The number of halogens is 1. The van der Waals surface area contributed by atoms with Crippen LogP contribution in [0.5, 0.6) is 0 Å². The van der Waals surface area contributed by atoms with Gasteiger partial charge in [-0.25, -0.2) is 9.37 Å². The van der Waals surface area contributed by atoms with Crippen LogP contribution in [0.1, 0.15) is 36.1 Å². The second-order valence-corrected chi connectivity index (χ2v) is 6.52. The minimum atomic E-state index is -0.532. The third kappa shape index (κ3) is 2.72. The Balaban J connectivity index is 1.58. The first-order chi connectivity index (χ1) is 11.7. The Labute approximate surface area is 141 Å². The van der Waals surface area contributed by atoms with Gasteiger partial charge < -0.3 is 0 Å². The van der Waals surface area contributed by atoms with Gasteiger partial charge >= 0.3 is 0 Å². The van der Waals surface area contributed by atoms with E-state index in [-0.39, 0.29) is 5.69 Å². The average Bonchev–Trinajstić information content (AvgIpc) is 2.83. The topological polar surface area (TPSA) is 39.9 Å². The molecular weight excluding hydrogens is 301 g/mol. The van der Waals surface area contributed by atoms with Crippen molar-refractivity contribution in [1.29, 1.82) is 5.26 Å². The van der Waals surface area contributed by atoms with E-state index in [2.05, 4.69) is 40.2 Å². The Morgan fingerprint density at radius 2 is 2.08 bits per heavy atom. The molecule has 24 heavy (non-hydrogen) atoms. The number of nitriles is 1. The zero-order valence-corrected chi connectivity index (χ0v) is 13.3. The predicted molar refractivity (Wildman–Crippen MR) is 90.3 cm³/mol. The van der Waals surface area contributed by atoms with Gasteiger partial charge in [0.25, 0.3) is 0 Å². The molecule has 1 fully saturated rings. The van der Waals surface area contributed by atoms with E-state index in [0.29, 0.717) is 12.1 Å². The van der Waals surface area contributed by atoms with Crippen LogP contribution in [0.3, 0.4) is 0 Å². The number of pyridine rings is 1. The third-order valence-corrected chi connectivity index (χ3v) is 5.07. The van der Waals surface area contributed by atoms with Gasteiger partial charge in [0.15, 0.2) is 11.5 Å². The Morgan fingerprint density at radius 3 is 2.79 bits per heavy atom. The number of hydrogen-bond acceptors (Lipinski definition) is 3. The SMILES string of the molecule is N#Cc1ncc(C2=CC3CCC(C2)N3Cc2ccccc2)cc1F. The van der Waals surface area contributed by atoms with Crippen molar-refractivity contribution in [2.45, 2.75) is 37.9 Å². The van der Waals surface area contributed by atoms with Gasteiger partial charge in [0.2, 0.25) is 0 Å². The molecule has 2 aliphatic heterocycles. The summed E-state index contributed by atoms with van der Waals surface area (Å²) in [6.45, 7) is 0.958. The minimum Gasteiger partial charge on any atom is -0.289 e. The second kappa shape index (κ2) is 6.18. The third-order valence-electron chi connectivity index (χ3n) is 5.07. The molecule has 0 radical (unpaired) electrons. The summed E-state index contributed by atoms with van der Waals surface area (Å²) in [4.78, 5) is 6.49. The number of nitrogens with zero attached hydrogens (tertiary/aromatic N) is 3. The smallest absolute Gasteiger partial charge is 0.176 e. The molecule has 0 amide bonds. The molecule has 1 aromatic heterocycles. The van der Waals surface area contributed by atoms with Gasteiger partial charge in [-0.15, -0.1) is 0 Å². The number of hydrogen-bond donors (Lipinski definition) is 0. The molecule has 2 aromatic rings. The zero-order valence-electron chi connectivity index (χ0n) is 13.3. The van der Waals surface area contributed by atoms with Crippen molar-refractivity contribution in [3.63, 3.8) is 0 Å². The van der Waals surface area contributed by atoms with E-state index < -0.39 is 5.82 Å². The van der Waals surface area contributed by atoms with E-state index >= 15 is 0 Å². The summed E-state index contributed by atoms with van der Waals surface area (Å²) in [6, 6.07) is 14.6. The highest BCUT2D eigenvalue weighted by Gasteiger charge is 2.36. The van der Waals surface area contributed by atoms with Gasteiger partial charge in [0, 0.05) is 24.8 Å². The zero-order chi connectivity index (χ0) is 16.5. The molecule has 2 aliphatic rings. The standard InChI is InChI=1S/C20H18FN3/c21-19-10-16(12-23-20(19)11-22)15-8-17-6-7-18(9-15)24(17)13-14-4-2-1-3-5-14/h1-5,8,10,12,17-18H,6-7,9,13H2. The van der Waals surface area contributed by atoms with Crippen LogP contribution in [0.4, 0.5) is 4.39 Å². The molecule has 2 atom stereocenters. The van der Waals surface area contributed by atoms with E-state index in [4.69, 9.17) is 5.26 Å². The maximum Gasteiger partial charge on any atom is 0.176 e. The molecule has 0 aliphatic carbocycles. The summed E-state index contributed by atoms with van der Waals surface area (Å²) in [7, 11) is 0. The number of fused-ring (bicyclic) bond motifs is 2. The van der Waals surface area contributed by atoms with Crippen molar-refractivity contribution >= 4 is 5.57 Å². The Hall–Kier alpha value is -2.51. The van der Waals surface area contributed by atoms with E-state index in [0.717, 1.165) is 30.5 Å². The van der Waals surface area contributed by atoms with Crippen LogP contribution in [0.15, 0.2) is 48.7 Å². The molecule has 0 spiro atoms. The van der Waals surface area contributed by atoms with E-state index in [9.17, 15) is 4.39 Å². The monoisotopic (exact) mass is 319 g/mol. The van der Waals surface area contributed by atoms with E-state index in [1.54, 1.807) is 12.3 Å². The highest BCUT2D eigenvalue weighted by molar-refractivity contribution is 5.67. The molecule has 1 saturated heterocycles. The van der Waals surface area contributed by atoms with Crippen LogP contribution in [0, 0.1) is 17.1 Å². The quantitative estimate of drug-likeness (QED) is 0.861. The van der Waals surface area contributed by atoms with Gasteiger partial charge in [-0.05, 0) is 42.0 Å². The maximum atomic E-state index is 13.9. The molecule has 4 heteroatoms. The molecule has 2 unspecified atom stereocenters. The molecule has 3 nitrogen and oxygen atoms in total. The summed E-state index contributed by atoms with van der Waals surface area (Å²) >= 11 is 0. The fourth-order valence-corrected chi connectivity index (χ4v) is 3.87. The Kier molecular flexibility index (Phi) is 3.87. The van der Waals surface area contributed by atoms with E-state index in [1.165, 1.54) is 18.1 Å². The fourth-order valence-electron chi connectivity index (χ4n) is 3.87. The molecule has 1 aromatic carbocycles. The van der Waals surface area contributed by atoms with Crippen LogP contribution in [-0.2, 0) is 6.54 Å². The second-order valence-electron chi connectivity index (χ2n) is 6.52. The molecular formula is C20H18FN3. The van der Waals surface area contributed by atoms with Crippen LogP contribution in [-0.4, -0.2) is 22.0 Å². The summed E-state index contributed by atoms with van der Waals surface area (Å²) in [5.41, 5.74) is 3.16. The van der Waals surface area contributed by atoms with Crippen LogP contribution in [0.25, 0.3) is 5.57 Å². The van der Waals surface area contributed by atoms with Crippen molar-refractivity contribution in [3.8, 4) is 6.07 Å². The Bertz CT molecular complexity index is 823. The van der Waals surface area contributed by atoms with Crippen LogP contribution < -0.4 is 0 Å². The molecule has 3 heterocycles. The van der Waals surface area contributed by atoms with Crippen molar-refractivity contribution in [3.05, 3.63) is 71.3 Å². The molecule has 0 N–H and O–H groups in total. The largest absolute Gasteiger partial charge is 0.289 e. The Morgan fingerprint density at radius 1 is 1.25 bits per heavy atom. The molecule has 2 bridgehead atoms. The summed E-state index contributed by atoms with van der Waals surface area (Å²) in [6.07, 6.45) is 7.11. The van der Waals surface area contributed by atoms with Crippen molar-refractivity contribution in [1.82, 2.24) is 9.88 Å². The first-order valence-corrected chi connectivity index (χ1v) is 8.31. The van der Waals surface area contributed by atoms with Crippen molar-refractivity contribution in [2.24, 2.45) is 0 Å². The average molecular weight is 319 g/mol. The number of rotatable bonds is 3. The van der Waals surface area contributed by atoms with Gasteiger partial charge in [-0.3, -0.25) is 4.90 Å². The highest BCUT2D eigenvalue weighted by Crippen LogP contribution is 2.39. The van der Waals surface area contributed by atoms with Crippen LogP contribution >= 0.6 is 0 Å². The summed E-state index contributed by atoms with van der Waals surface area (Å²) < 4.78 is 13.9. The van der Waals surface area contributed by atoms with E-state index in [1.807, 2.05) is 6.07 Å². The minimum absolute atomic E-state index is 0.135. The highest BCUT2D eigenvalue weighted by atomic mass is 19.1. The van der Waals surface area contributed by atoms with Gasteiger partial charge in [0.05, 0.1) is 0 Å². The van der Waals surface area contributed by atoms with Crippen molar-refractivity contribution in [2.75, 3.05) is 0 Å². The fraction of sp³-hybridized carbons (Fsp3) is 0.300. The van der Waals surface area contributed by atoms with Crippen molar-refractivity contribution < 1.29 is 4.39 Å². The van der Waals surface area contributed by atoms with Gasteiger partial charge in [-0.1, -0.05) is 36.4 Å². The normalized spacial score (nSPS) is 22.9. The number of aromatic nitrogens is 1. The van der Waals surface area contributed by atoms with Crippen LogP contribution in [0.2, 0.25) is 0 Å². The van der Waals surface area contributed by atoms with Gasteiger partial charge in [0.1, 0.15) is 6.07 Å². The predicted octanol–water partition coefficient (Wildman–Crippen LogP) is 3.91. The molecule has 4 rings (SSSR count). The first kappa shape index (κ1) is 15.0. The lowest BCUT2D eigenvalue weighted by Crippen LogP contribution is -2.37. The summed E-state index contributed by atoms with van der Waals surface area (Å²) in [5.74, 6) is -0.532. The lowest BCUT2D eigenvalue weighted by molar-refractivity contribution is 0.203. The molecule has 120 valence electrons. The first-order valence-electron chi connectivity index (χ1n) is 8.31. The maximum absolute atomic E-state index is 13.9.